The van der Waals surface area contributed by atoms with Gasteiger partial charge < -0.3 is 28.5 Å². The fraction of sp³-hybridized carbons (Fsp3) is 0.810. The molecule has 0 aromatic rings. The van der Waals surface area contributed by atoms with Gasteiger partial charge in [-0.3, -0.25) is 14.2 Å². The number of nitrogens with zero attached hydrogens (tertiary/aromatic N) is 1. The molecule has 0 saturated carbocycles. The van der Waals surface area contributed by atoms with Gasteiger partial charge in [-0.25, -0.2) is 0 Å². The number of ether oxygens (including phenoxy) is 1. The number of rotatable bonds is 55. The van der Waals surface area contributed by atoms with E-state index in [1.807, 2.05) is 33.3 Å². The van der Waals surface area contributed by atoms with Gasteiger partial charge in [0.2, 0.25) is 5.91 Å². The van der Waals surface area contributed by atoms with Crippen LogP contribution >= 0.6 is 7.82 Å². The summed E-state index contributed by atoms with van der Waals surface area (Å²) in [4.78, 5) is 39.9. The van der Waals surface area contributed by atoms with Crippen LogP contribution in [0.1, 0.15) is 278 Å². The zero-order valence-electron chi connectivity index (χ0n) is 48.6. The first-order valence-corrected chi connectivity index (χ1v) is 32.1. The Morgan fingerprint density at radius 3 is 1.26 bits per heavy atom. The van der Waals surface area contributed by atoms with E-state index in [1.165, 1.54) is 148 Å². The molecule has 1 N–H and O–H groups in total. The molecule has 0 aliphatic carbocycles. The molecule has 73 heavy (non-hydrogen) atoms. The summed E-state index contributed by atoms with van der Waals surface area (Å²) in [5.41, 5.74) is 0. The predicted octanol–water partition coefficient (Wildman–Crippen LogP) is 18.0. The molecular weight excluding hydrogens is 928 g/mol. The quantitative estimate of drug-likeness (QED) is 0.0212. The van der Waals surface area contributed by atoms with Gasteiger partial charge in [0.1, 0.15) is 19.3 Å². The molecule has 0 aromatic carbocycles. The number of phosphoric ester groups is 1. The topological polar surface area (TPSA) is 114 Å². The van der Waals surface area contributed by atoms with E-state index >= 15 is 0 Å². The molecule has 9 nitrogen and oxygen atoms in total. The summed E-state index contributed by atoms with van der Waals surface area (Å²) in [5.74, 6) is -0.551. The molecule has 0 saturated heterocycles. The lowest BCUT2D eigenvalue weighted by atomic mass is 10.0. The second kappa shape index (κ2) is 53.1. The first-order chi connectivity index (χ1) is 35.4. The van der Waals surface area contributed by atoms with Gasteiger partial charge in [-0.15, -0.1) is 0 Å². The number of unbranched alkanes of at least 4 members (excludes halogenated alkanes) is 31. The molecule has 0 fully saturated rings. The minimum absolute atomic E-state index is 0.0256. The molecule has 0 radical (unpaired) electrons. The van der Waals surface area contributed by atoms with Crippen molar-refractivity contribution in [1.82, 2.24) is 5.32 Å². The van der Waals surface area contributed by atoms with Crippen LogP contribution in [0.2, 0.25) is 0 Å². The van der Waals surface area contributed by atoms with Gasteiger partial charge in [-0.2, -0.15) is 0 Å². The molecule has 0 spiro atoms. The summed E-state index contributed by atoms with van der Waals surface area (Å²) in [6, 6.07) is -0.894. The number of esters is 1. The maximum absolute atomic E-state index is 13.5. The molecule has 0 aromatic heterocycles. The first kappa shape index (κ1) is 70.7. The zero-order valence-corrected chi connectivity index (χ0v) is 49.5. The van der Waals surface area contributed by atoms with Gasteiger partial charge in [0.05, 0.1) is 33.8 Å². The van der Waals surface area contributed by atoms with E-state index in [4.69, 9.17) is 13.8 Å². The van der Waals surface area contributed by atoms with E-state index in [1.54, 1.807) is 0 Å². The van der Waals surface area contributed by atoms with Crippen LogP contribution in [0.15, 0.2) is 60.8 Å². The minimum Gasteiger partial charge on any atom is -0.756 e. The van der Waals surface area contributed by atoms with Crippen molar-refractivity contribution in [2.45, 2.75) is 290 Å². The van der Waals surface area contributed by atoms with Crippen molar-refractivity contribution in [3.05, 3.63) is 60.8 Å². The van der Waals surface area contributed by atoms with E-state index in [2.05, 4.69) is 74.7 Å². The molecule has 3 atom stereocenters. The van der Waals surface area contributed by atoms with Gasteiger partial charge in [0.25, 0.3) is 7.82 Å². The van der Waals surface area contributed by atoms with Gasteiger partial charge in [-0.05, 0) is 96.0 Å². The van der Waals surface area contributed by atoms with Gasteiger partial charge in [-0.1, -0.05) is 230 Å². The molecule has 0 aliphatic rings. The average molecular weight is 1050 g/mol. The lowest BCUT2D eigenvalue weighted by Gasteiger charge is -2.30. The molecule has 0 bridgehead atoms. The number of likely N-dealkylation sites (N-methyl/N-ethyl adjacent to an activating group) is 1. The fourth-order valence-corrected chi connectivity index (χ4v) is 9.36. The zero-order chi connectivity index (χ0) is 53.6. The predicted molar refractivity (Wildman–Crippen MR) is 312 cm³/mol. The van der Waals surface area contributed by atoms with Crippen LogP contribution in [-0.4, -0.2) is 69.4 Å². The highest BCUT2D eigenvalue weighted by Crippen LogP contribution is 2.38. The third-order valence-electron chi connectivity index (χ3n) is 13.4. The summed E-state index contributed by atoms with van der Waals surface area (Å²) >= 11 is 0. The largest absolute Gasteiger partial charge is 0.756 e. The van der Waals surface area contributed by atoms with E-state index in [0.29, 0.717) is 17.4 Å². The average Bonchev–Trinajstić information content (AvgIpc) is 3.35. The Bertz CT molecular complexity index is 1440. The number of allylic oxidation sites excluding steroid dienone is 9. The maximum atomic E-state index is 13.5. The number of carbonyl (C=O) groups excluding carboxylic acids is 2. The van der Waals surface area contributed by atoms with Crippen LogP contribution < -0.4 is 10.2 Å². The Balaban J connectivity index is 5.25. The maximum Gasteiger partial charge on any atom is 0.306 e. The van der Waals surface area contributed by atoms with Crippen molar-refractivity contribution in [2.75, 3.05) is 40.9 Å². The summed E-state index contributed by atoms with van der Waals surface area (Å²) in [6.45, 7) is 6.79. The Labute approximate surface area is 451 Å². The monoisotopic (exact) mass is 1040 g/mol. The fourth-order valence-electron chi connectivity index (χ4n) is 8.64. The molecule has 0 rings (SSSR count). The minimum atomic E-state index is -4.70. The van der Waals surface area contributed by atoms with E-state index < -0.39 is 26.6 Å². The summed E-state index contributed by atoms with van der Waals surface area (Å²) < 4.78 is 30.3. The number of carbonyl (C=O) groups is 2. The number of hydrogen-bond donors (Lipinski definition) is 1. The lowest BCUT2D eigenvalue weighted by Crippen LogP contribution is -2.47. The highest BCUT2D eigenvalue weighted by molar-refractivity contribution is 7.45. The molecule has 3 unspecified atom stereocenters. The van der Waals surface area contributed by atoms with Crippen LogP contribution in [0.5, 0.6) is 0 Å². The Morgan fingerprint density at radius 1 is 0.479 bits per heavy atom. The summed E-state index contributed by atoms with van der Waals surface area (Å²) in [7, 11) is 1.18. The lowest BCUT2D eigenvalue weighted by molar-refractivity contribution is -0.870. The standard InChI is InChI=1S/C63H117N2O7P/c1-7-10-13-16-19-22-25-27-29-31-32-34-35-37-40-43-46-49-52-55-62(66)64-60(59-71-73(68,69)70-58-57-65(4,5)6)61(54-51-48-45-42-39-24-21-18-15-12-9-3)72-63(67)56-53-50-47-44-41-38-36-33-30-28-26-23-20-17-14-11-8-2/h19-20,22-23,27-30,51,54,60-61H,7-18,21,24-26,31-50,52-53,55-59H2,1-6H3,(H-,64,66,68,69)/b22-19-,23-20-,29-27-,30-28-,54-51+. The Morgan fingerprint density at radius 2 is 0.836 bits per heavy atom. The van der Waals surface area contributed by atoms with Crippen molar-refractivity contribution in [2.24, 2.45) is 0 Å². The van der Waals surface area contributed by atoms with E-state index in [9.17, 15) is 19.0 Å². The Kier molecular flexibility index (Phi) is 51.5. The molecule has 0 aliphatic heterocycles. The van der Waals surface area contributed by atoms with Crippen molar-refractivity contribution in [1.29, 1.82) is 0 Å². The van der Waals surface area contributed by atoms with Gasteiger partial charge >= 0.3 is 5.97 Å². The third kappa shape index (κ3) is 54.3. The van der Waals surface area contributed by atoms with Crippen LogP contribution in [-0.2, 0) is 27.9 Å². The molecule has 10 heteroatoms. The van der Waals surface area contributed by atoms with E-state index in [0.717, 1.165) is 96.3 Å². The van der Waals surface area contributed by atoms with Crippen molar-refractivity contribution in [3.8, 4) is 0 Å². The van der Waals surface area contributed by atoms with Crippen LogP contribution in [0.25, 0.3) is 0 Å². The molecule has 0 heterocycles. The van der Waals surface area contributed by atoms with E-state index in [-0.39, 0.29) is 24.9 Å². The molecule has 426 valence electrons. The van der Waals surface area contributed by atoms with Crippen LogP contribution in [0, 0.1) is 0 Å². The first-order valence-electron chi connectivity index (χ1n) is 30.6. The number of quaternary nitrogens is 1. The highest BCUT2D eigenvalue weighted by Gasteiger charge is 2.27. The normalized spacial score (nSPS) is 14.1. The second-order valence-corrected chi connectivity index (χ2v) is 23.3. The van der Waals surface area contributed by atoms with Crippen molar-refractivity contribution >= 4 is 19.7 Å². The molecule has 1 amide bonds. The van der Waals surface area contributed by atoms with Gasteiger partial charge in [0, 0.05) is 12.8 Å². The van der Waals surface area contributed by atoms with Crippen LogP contribution in [0.4, 0.5) is 0 Å². The molecular formula is C63H117N2O7P. The van der Waals surface area contributed by atoms with Gasteiger partial charge in [0.15, 0.2) is 0 Å². The third-order valence-corrected chi connectivity index (χ3v) is 14.4. The number of amides is 1. The number of hydrogen-bond acceptors (Lipinski definition) is 7. The van der Waals surface area contributed by atoms with Crippen LogP contribution in [0.3, 0.4) is 0 Å². The van der Waals surface area contributed by atoms with Crippen molar-refractivity contribution < 1.29 is 37.3 Å². The van der Waals surface area contributed by atoms with Crippen molar-refractivity contribution in [3.63, 3.8) is 0 Å². The number of nitrogens with one attached hydrogen (secondary N) is 1. The summed E-state index contributed by atoms with van der Waals surface area (Å²) in [5, 5.41) is 3.02. The SMILES string of the molecule is CCCCC/C=C\C/C=C\CCCCCCCCCCCC(=O)NC(COP(=O)([O-])OCC[N+](C)(C)C)C(/C=C/CCCCCCCCCCC)OC(=O)CCCCCCCCC/C=C\C/C=C\CCCCC. The number of phosphoric acid groups is 1. The highest BCUT2D eigenvalue weighted by atomic mass is 31.2. The second-order valence-electron chi connectivity index (χ2n) is 21.8. The smallest absolute Gasteiger partial charge is 0.306 e. The Hall–Kier alpha value is -2.29. The summed E-state index contributed by atoms with van der Waals surface area (Å²) in [6.07, 6.45) is 66.1.